The van der Waals surface area contributed by atoms with E-state index in [9.17, 15) is 9.59 Å². The zero-order valence-corrected chi connectivity index (χ0v) is 19.4. The lowest BCUT2D eigenvalue weighted by Crippen LogP contribution is -2.19. The average Bonchev–Trinajstić information content (AvgIpc) is 3.24. The van der Waals surface area contributed by atoms with Crippen LogP contribution in [0.25, 0.3) is 21.0 Å². The maximum Gasteiger partial charge on any atom is 0.279 e. The molecule has 1 amide bonds. The van der Waals surface area contributed by atoms with E-state index >= 15 is 0 Å². The Balaban J connectivity index is 1.52. The highest BCUT2D eigenvalue weighted by Crippen LogP contribution is 2.27. The third-order valence-corrected chi connectivity index (χ3v) is 6.85. The van der Waals surface area contributed by atoms with Gasteiger partial charge in [-0.05, 0) is 23.6 Å². The molecule has 0 unspecified atom stereocenters. The summed E-state index contributed by atoms with van der Waals surface area (Å²) >= 11 is 1.50. The molecule has 0 atom stereocenters. The Morgan fingerprint density at radius 3 is 2.26 bits per heavy atom. The molecule has 0 fully saturated rings. The third-order valence-electron chi connectivity index (χ3n) is 5.72. The first kappa shape index (κ1) is 21.9. The van der Waals surface area contributed by atoms with Crippen molar-refractivity contribution in [2.75, 3.05) is 13.7 Å². The van der Waals surface area contributed by atoms with Crippen LogP contribution in [0.3, 0.4) is 0 Å². The van der Waals surface area contributed by atoms with Gasteiger partial charge in [0.15, 0.2) is 10.6 Å². The van der Waals surface area contributed by atoms with Crippen molar-refractivity contribution >= 4 is 44.0 Å². The number of amides is 1. The van der Waals surface area contributed by atoms with Crippen LogP contribution in [-0.4, -0.2) is 30.0 Å². The van der Waals surface area contributed by atoms with Gasteiger partial charge in [-0.2, -0.15) is 4.99 Å². The third kappa shape index (κ3) is 4.21. The minimum atomic E-state index is -0.347. The highest BCUT2D eigenvalue weighted by Gasteiger charge is 2.13. The van der Waals surface area contributed by atoms with Gasteiger partial charge in [0.25, 0.3) is 5.91 Å². The van der Waals surface area contributed by atoms with Gasteiger partial charge < -0.3 is 9.30 Å². The lowest BCUT2D eigenvalue weighted by Gasteiger charge is -2.05. The van der Waals surface area contributed by atoms with E-state index in [0.717, 1.165) is 21.0 Å². The van der Waals surface area contributed by atoms with Crippen LogP contribution in [0.4, 0.5) is 0 Å². The molecule has 6 heteroatoms. The summed E-state index contributed by atoms with van der Waals surface area (Å²) in [5.41, 5.74) is 2.61. The number of carbonyl (C=O) groups is 2. The van der Waals surface area contributed by atoms with Gasteiger partial charge in [-0.1, -0.05) is 84.1 Å². The van der Waals surface area contributed by atoms with Crippen LogP contribution >= 0.6 is 11.3 Å². The van der Waals surface area contributed by atoms with E-state index in [1.54, 1.807) is 43.5 Å². The summed E-state index contributed by atoms with van der Waals surface area (Å²) in [6, 6.07) is 28.1. The molecule has 0 bridgehead atoms. The summed E-state index contributed by atoms with van der Waals surface area (Å²) in [7, 11) is 1.66. The standard InChI is InChI=1S/C28H22N2O3S/c1-33-18-17-30-24-16-15-19-7-5-6-10-23(19)26(24)34-28(30)29-27(32)22-13-11-21(12-14-22)25(31)20-8-3-2-4-9-20/h2-16H,17-18H2,1H3. The Hall–Kier alpha value is -3.87. The summed E-state index contributed by atoms with van der Waals surface area (Å²) in [6.45, 7) is 1.10. The van der Waals surface area contributed by atoms with Crippen molar-refractivity contribution in [2.24, 2.45) is 4.99 Å². The van der Waals surface area contributed by atoms with Crippen LogP contribution in [0.2, 0.25) is 0 Å². The maximum absolute atomic E-state index is 13.0. The number of aromatic nitrogens is 1. The molecule has 168 valence electrons. The SMILES string of the molecule is COCCn1c(=NC(=O)c2ccc(C(=O)c3ccccc3)cc2)sc2c3ccccc3ccc21. The Labute approximate surface area is 200 Å². The predicted octanol–water partition coefficient (Wildman–Crippen LogP) is 5.47. The van der Waals surface area contributed by atoms with Gasteiger partial charge in [0.05, 0.1) is 16.8 Å². The molecule has 34 heavy (non-hydrogen) atoms. The lowest BCUT2D eigenvalue weighted by molar-refractivity contribution is 0.0994. The Morgan fingerprint density at radius 1 is 0.824 bits per heavy atom. The van der Waals surface area contributed by atoms with Crippen LogP contribution < -0.4 is 4.80 Å². The van der Waals surface area contributed by atoms with E-state index in [0.29, 0.717) is 34.6 Å². The zero-order chi connectivity index (χ0) is 23.5. The fourth-order valence-electron chi connectivity index (χ4n) is 3.95. The van der Waals surface area contributed by atoms with Crippen LogP contribution in [-0.2, 0) is 11.3 Å². The minimum absolute atomic E-state index is 0.0784. The van der Waals surface area contributed by atoms with Crippen molar-refractivity contribution in [2.45, 2.75) is 6.54 Å². The summed E-state index contributed by atoms with van der Waals surface area (Å²) < 4.78 is 8.41. The van der Waals surface area contributed by atoms with E-state index in [2.05, 4.69) is 29.3 Å². The largest absolute Gasteiger partial charge is 0.383 e. The Kier molecular flexibility index (Phi) is 6.16. The zero-order valence-electron chi connectivity index (χ0n) is 18.6. The normalized spacial score (nSPS) is 11.9. The maximum atomic E-state index is 13.0. The van der Waals surface area contributed by atoms with Gasteiger partial charge in [-0.15, -0.1) is 0 Å². The molecule has 1 heterocycles. The fraction of sp³-hybridized carbons (Fsp3) is 0.107. The summed E-state index contributed by atoms with van der Waals surface area (Å²) in [6.07, 6.45) is 0. The van der Waals surface area contributed by atoms with Gasteiger partial charge in [0.2, 0.25) is 0 Å². The van der Waals surface area contributed by atoms with E-state index in [-0.39, 0.29) is 11.7 Å². The van der Waals surface area contributed by atoms with Crippen molar-refractivity contribution in [1.29, 1.82) is 0 Å². The number of ether oxygens (including phenoxy) is 1. The first-order valence-electron chi connectivity index (χ1n) is 10.9. The number of nitrogens with zero attached hydrogens (tertiary/aromatic N) is 2. The van der Waals surface area contributed by atoms with Crippen LogP contribution in [0, 0.1) is 0 Å². The second-order valence-electron chi connectivity index (χ2n) is 7.85. The first-order valence-corrected chi connectivity index (χ1v) is 11.8. The fourth-order valence-corrected chi connectivity index (χ4v) is 5.14. The van der Waals surface area contributed by atoms with Gasteiger partial charge in [0, 0.05) is 35.7 Å². The number of hydrogen-bond acceptors (Lipinski definition) is 4. The van der Waals surface area contributed by atoms with E-state index in [4.69, 9.17) is 4.74 Å². The predicted molar refractivity (Wildman–Crippen MR) is 135 cm³/mol. The second kappa shape index (κ2) is 9.55. The van der Waals surface area contributed by atoms with Gasteiger partial charge >= 0.3 is 0 Å². The summed E-state index contributed by atoms with van der Waals surface area (Å²) in [5.74, 6) is -0.425. The summed E-state index contributed by atoms with van der Waals surface area (Å²) in [5, 5.41) is 2.28. The Morgan fingerprint density at radius 2 is 1.50 bits per heavy atom. The van der Waals surface area contributed by atoms with Crippen molar-refractivity contribution in [1.82, 2.24) is 4.57 Å². The molecule has 0 radical (unpaired) electrons. The van der Waals surface area contributed by atoms with Crippen molar-refractivity contribution in [3.05, 3.63) is 112 Å². The molecular formula is C28H22N2O3S. The quantitative estimate of drug-likeness (QED) is 0.312. The molecule has 0 aliphatic heterocycles. The van der Waals surface area contributed by atoms with E-state index in [1.165, 1.54) is 11.3 Å². The monoisotopic (exact) mass is 466 g/mol. The summed E-state index contributed by atoms with van der Waals surface area (Å²) in [4.78, 5) is 30.8. The number of hydrogen-bond donors (Lipinski definition) is 0. The molecule has 5 nitrogen and oxygen atoms in total. The van der Waals surface area contributed by atoms with Gasteiger partial charge in [-0.25, -0.2) is 0 Å². The van der Waals surface area contributed by atoms with E-state index in [1.807, 2.05) is 34.9 Å². The molecule has 0 aliphatic carbocycles. The molecule has 5 aromatic rings. The number of thiazole rings is 1. The second-order valence-corrected chi connectivity index (χ2v) is 8.83. The molecule has 0 saturated heterocycles. The molecule has 5 rings (SSSR count). The first-order chi connectivity index (χ1) is 16.7. The van der Waals surface area contributed by atoms with Crippen LogP contribution in [0.15, 0.2) is 96.0 Å². The van der Waals surface area contributed by atoms with Crippen molar-refractivity contribution < 1.29 is 14.3 Å². The number of ketones is 1. The van der Waals surface area contributed by atoms with Crippen molar-refractivity contribution in [3.8, 4) is 0 Å². The number of carbonyl (C=O) groups excluding carboxylic acids is 2. The average molecular weight is 467 g/mol. The van der Waals surface area contributed by atoms with Crippen molar-refractivity contribution in [3.63, 3.8) is 0 Å². The minimum Gasteiger partial charge on any atom is -0.383 e. The molecule has 0 spiro atoms. The molecule has 4 aromatic carbocycles. The smallest absolute Gasteiger partial charge is 0.279 e. The highest BCUT2D eigenvalue weighted by molar-refractivity contribution is 7.17. The van der Waals surface area contributed by atoms with E-state index < -0.39 is 0 Å². The molecule has 0 saturated carbocycles. The number of methoxy groups -OCH3 is 1. The molecular weight excluding hydrogens is 444 g/mol. The number of benzene rings is 4. The number of rotatable bonds is 6. The van der Waals surface area contributed by atoms with Crippen LogP contribution in [0.1, 0.15) is 26.3 Å². The molecule has 0 N–H and O–H groups in total. The molecule has 1 aromatic heterocycles. The molecule has 0 aliphatic rings. The number of fused-ring (bicyclic) bond motifs is 3. The topological polar surface area (TPSA) is 60.7 Å². The van der Waals surface area contributed by atoms with Crippen LogP contribution in [0.5, 0.6) is 0 Å². The van der Waals surface area contributed by atoms with Gasteiger partial charge in [-0.3, -0.25) is 9.59 Å². The highest BCUT2D eigenvalue weighted by atomic mass is 32.1. The lowest BCUT2D eigenvalue weighted by atomic mass is 10.0. The Bertz CT molecular complexity index is 1560. The van der Waals surface area contributed by atoms with Gasteiger partial charge in [0.1, 0.15) is 0 Å².